The topological polar surface area (TPSA) is 54.5 Å². The van der Waals surface area contributed by atoms with E-state index in [4.69, 9.17) is 4.74 Å². The molecule has 134 valence electrons. The van der Waals surface area contributed by atoms with E-state index in [1.165, 1.54) is 16.9 Å². The van der Waals surface area contributed by atoms with Crippen LogP contribution in [0.2, 0.25) is 0 Å². The van der Waals surface area contributed by atoms with E-state index in [0.717, 1.165) is 35.4 Å². The molecule has 26 heavy (non-hydrogen) atoms. The molecule has 0 spiro atoms. The van der Waals surface area contributed by atoms with E-state index in [2.05, 4.69) is 27.3 Å². The summed E-state index contributed by atoms with van der Waals surface area (Å²) in [5.74, 6) is 0.838. The summed E-state index contributed by atoms with van der Waals surface area (Å²) in [7, 11) is 1.66. The van der Waals surface area contributed by atoms with Crippen LogP contribution >= 0.6 is 11.3 Å². The quantitative estimate of drug-likeness (QED) is 0.688. The predicted octanol–water partition coefficient (Wildman–Crippen LogP) is 3.91. The molecule has 1 N–H and O–H groups in total. The monoisotopic (exact) mass is 367 g/mol. The molecule has 1 fully saturated rings. The summed E-state index contributed by atoms with van der Waals surface area (Å²) < 4.78 is 6.29. The van der Waals surface area contributed by atoms with Crippen molar-refractivity contribution in [2.45, 2.75) is 25.4 Å². The molecule has 3 aromatic rings. The summed E-state index contributed by atoms with van der Waals surface area (Å²) in [4.78, 5) is 19.2. The number of amides is 1. The van der Waals surface area contributed by atoms with Crippen molar-refractivity contribution in [1.82, 2.24) is 9.88 Å². The van der Waals surface area contributed by atoms with Gasteiger partial charge in [-0.1, -0.05) is 35.6 Å². The molecule has 0 unspecified atom stereocenters. The number of ether oxygens (including phenoxy) is 1. The van der Waals surface area contributed by atoms with E-state index >= 15 is 0 Å². The Bertz CT molecular complexity index is 870. The molecule has 0 atom stereocenters. The fourth-order valence-electron chi connectivity index (χ4n) is 2.99. The van der Waals surface area contributed by atoms with E-state index < -0.39 is 0 Å². The molecule has 2 aromatic carbocycles. The standard InChI is InChI=1S/C20H21N3O2S/c1-25-16-10-6-14(7-11-16)12-23(15-8-9-15)13-19(24)22-20-21-17-4-2-3-5-18(17)26-20/h2-7,10-11,15H,8-9,12-13H2,1H3,(H,21,22,24). The zero-order chi connectivity index (χ0) is 17.9. The summed E-state index contributed by atoms with van der Waals surface area (Å²) >= 11 is 1.51. The number of para-hydroxylation sites is 1. The van der Waals surface area contributed by atoms with Crippen molar-refractivity contribution in [1.29, 1.82) is 0 Å². The molecular formula is C20H21N3O2S. The first-order valence-corrected chi connectivity index (χ1v) is 9.55. The third-order valence-corrected chi connectivity index (χ3v) is 5.45. The maximum atomic E-state index is 12.5. The Morgan fingerprint density at radius 2 is 2.00 bits per heavy atom. The molecule has 1 amide bonds. The van der Waals surface area contributed by atoms with Crippen LogP contribution in [0.25, 0.3) is 10.2 Å². The highest BCUT2D eigenvalue weighted by atomic mass is 32.1. The lowest BCUT2D eigenvalue weighted by Crippen LogP contribution is -2.34. The van der Waals surface area contributed by atoms with Crippen LogP contribution in [0.15, 0.2) is 48.5 Å². The number of anilines is 1. The first kappa shape index (κ1) is 17.0. The lowest BCUT2D eigenvalue weighted by Gasteiger charge is -2.21. The van der Waals surface area contributed by atoms with Crippen LogP contribution in [0, 0.1) is 0 Å². The largest absolute Gasteiger partial charge is 0.497 e. The van der Waals surface area contributed by atoms with Gasteiger partial charge in [0.2, 0.25) is 5.91 Å². The molecule has 6 heteroatoms. The van der Waals surface area contributed by atoms with Crippen LogP contribution in [-0.4, -0.2) is 35.5 Å². The Kier molecular flexibility index (Phi) is 4.86. The number of fused-ring (bicyclic) bond motifs is 1. The highest BCUT2D eigenvalue weighted by Gasteiger charge is 2.30. The van der Waals surface area contributed by atoms with Gasteiger partial charge in [0.25, 0.3) is 0 Å². The Balaban J connectivity index is 1.40. The van der Waals surface area contributed by atoms with Gasteiger partial charge in [0, 0.05) is 12.6 Å². The number of methoxy groups -OCH3 is 1. The number of carbonyl (C=O) groups excluding carboxylic acids is 1. The minimum Gasteiger partial charge on any atom is -0.497 e. The average molecular weight is 367 g/mol. The number of hydrogen-bond donors (Lipinski definition) is 1. The number of nitrogens with zero attached hydrogens (tertiary/aromatic N) is 2. The van der Waals surface area contributed by atoms with E-state index in [1.54, 1.807) is 7.11 Å². The zero-order valence-corrected chi connectivity index (χ0v) is 15.5. The fourth-order valence-corrected chi connectivity index (χ4v) is 3.87. The molecule has 5 nitrogen and oxygen atoms in total. The van der Waals surface area contributed by atoms with E-state index in [9.17, 15) is 4.79 Å². The molecule has 4 rings (SSSR count). The number of rotatable bonds is 7. The van der Waals surface area contributed by atoms with E-state index in [1.807, 2.05) is 36.4 Å². The molecule has 0 radical (unpaired) electrons. The van der Waals surface area contributed by atoms with Crippen LogP contribution in [0.1, 0.15) is 18.4 Å². The number of carbonyl (C=O) groups is 1. The molecular weight excluding hydrogens is 346 g/mol. The molecule has 1 aliphatic rings. The first-order chi connectivity index (χ1) is 12.7. The second-order valence-electron chi connectivity index (χ2n) is 6.52. The van der Waals surface area contributed by atoms with Gasteiger partial charge in [-0.05, 0) is 42.7 Å². The van der Waals surface area contributed by atoms with Crippen LogP contribution in [0.3, 0.4) is 0 Å². The average Bonchev–Trinajstić information content (AvgIpc) is 3.42. The van der Waals surface area contributed by atoms with Crippen molar-refractivity contribution in [3.63, 3.8) is 0 Å². The summed E-state index contributed by atoms with van der Waals surface area (Å²) in [6.45, 7) is 1.15. The van der Waals surface area contributed by atoms with Gasteiger partial charge in [-0.2, -0.15) is 0 Å². The molecule has 0 saturated heterocycles. The molecule has 0 aliphatic heterocycles. The van der Waals surface area contributed by atoms with E-state index in [-0.39, 0.29) is 5.91 Å². The van der Waals surface area contributed by atoms with Crippen molar-refractivity contribution < 1.29 is 9.53 Å². The predicted molar refractivity (Wildman–Crippen MR) is 105 cm³/mol. The number of aromatic nitrogens is 1. The minimum absolute atomic E-state index is 0.00975. The van der Waals surface area contributed by atoms with Gasteiger partial charge in [-0.25, -0.2) is 4.98 Å². The van der Waals surface area contributed by atoms with Crippen molar-refractivity contribution in [2.75, 3.05) is 19.0 Å². The maximum absolute atomic E-state index is 12.5. The summed E-state index contributed by atoms with van der Waals surface area (Å²) in [6.07, 6.45) is 2.31. The van der Waals surface area contributed by atoms with Crippen LogP contribution in [-0.2, 0) is 11.3 Å². The molecule has 0 bridgehead atoms. The Hall–Kier alpha value is -2.44. The molecule has 1 saturated carbocycles. The number of thiazole rings is 1. The lowest BCUT2D eigenvalue weighted by molar-refractivity contribution is -0.117. The first-order valence-electron chi connectivity index (χ1n) is 8.73. The van der Waals surface area contributed by atoms with Gasteiger partial charge in [0.05, 0.1) is 23.9 Å². The van der Waals surface area contributed by atoms with Gasteiger partial charge in [-0.15, -0.1) is 0 Å². The fraction of sp³-hybridized carbons (Fsp3) is 0.300. The highest BCUT2D eigenvalue weighted by molar-refractivity contribution is 7.22. The summed E-state index contributed by atoms with van der Waals surface area (Å²) in [5, 5.41) is 3.62. The van der Waals surface area contributed by atoms with Crippen LogP contribution < -0.4 is 10.1 Å². The van der Waals surface area contributed by atoms with Gasteiger partial charge >= 0.3 is 0 Å². The summed E-state index contributed by atoms with van der Waals surface area (Å²) in [6, 6.07) is 16.4. The van der Waals surface area contributed by atoms with Gasteiger partial charge in [0.1, 0.15) is 5.75 Å². The summed E-state index contributed by atoms with van der Waals surface area (Å²) in [5.41, 5.74) is 2.11. The van der Waals surface area contributed by atoms with Crippen molar-refractivity contribution in [3.8, 4) is 5.75 Å². The van der Waals surface area contributed by atoms with Crippen molar-refractivity contribution >= 4 is 32.6 Å². The number of nitrogens with one attached hydrogen (secondary N) is 1. The second-order valence-corrected chi connectivity index (χ2v) is 7.55. The van der Waals surface area contributed by atoms with Crippen LogP contribution in [0.4, 0.5) is 5.13 Å². The SMILES string of the molecule is COc1ccc(CN(CC(=O)Nc2nc3ccccc3s2)C2CC2)cc1. The van der Waals surface area contributed by atoms with Crippen molar-refractivity contribution in [2.24, 2.45) is 0 Å². The van der Waals surface area contributed by atoms with Crippen molar-refractivity contribution in [3.05, 3.63) is 54.1 Å². The van der Waals surface area contributed by atoms with Gasteiger partial charge in [0.15, 0.2) is 5.13 Å². The maximum Gasteiger partial charge on any atom is 0.240 e. The highest BCUT2D eigenvalue weighted by Crippen LogP contribution is 2.29. The van der Waals surface area contributed by atoms with E-state index in [0.29, 0.717) is 17.7 Å². The molecule has 1 aliphatic carbocycles. The Morgan fingerprint density at radius 1 is 1.23 bits per heavy atom. The zero-order valence-electron chi connectivity index (χ0n) is 14.6. The van der Waals surface area contributed by atoms with Gasteiger partial charge in [-0.3, -0.25) is 9.69 Å². The normalized spacial score (nSPS) is 13.9. The Labute approximate surface area is 156 Å². The Morgan fingerprint density at radius 3 is 2.69 bits per heavy atom. The molecule has 1 aromatic heterocycles. The van der Waals surface area contributed by atoms with Gasteiger partial charge < -0.3 is 10.1 Å². The molecule has 1 heterocycles. The third-order valence-electron chi connectivity index (χ3n) is 4.49. The lowest BCUT2D eigenvalue weighted by atomic mass is 10.2. The number of benzene rings is 2. The van der Waals surface area contributed by atoms with Crippen LogP contribution in [0.5, 0.6) is 5.75 Å². The third kappa shape index (κ3) is 4.03. The number of hydrogen-bond acceptors (Lipinski definition) is 5. The smallest absolute Gasteiger partial charge is 0.240 e. The minimum atomic E-state index is -0.00975. The second kappa shape index (κ2) is 7.43.